The van der Waals surface area contributed by atoms with Crippen molar-refractivity contribution in [1.82, 2.24) is 0 Å². The first-order chi connectivity index (χ1) is 8.82. The van der Waals surface area contributed by atoms with E-state index in [-0.39, 0.29) is 113 Å². The largest absolute Gasteiger partial charge is 1.00 e. The van der Waals surface area contributed by atoms with E-state index in [1.165, 1.54) is 12.2 Å². The molecule has 8 heteroatoms. The first-order valence-corrected chi connectivity index (χ1v) is 6.01. The molecule has 1 aliphatic carbocycles. The second-order valence-electron chi connectivity index (χ2n) is 4.71. The fourth-order valence-corrected chi connectivity index (χ4v) is 1.96. The number of rotatable bonds is 5. The third kappa shape index (κ3) is 8.83. The normalized spacial score (nSPS) is 17.3. The standard InChI is InChI=1S/C14H17O5.3Na/c1-8(2)12(14(18)19)11(13(16)17)7-9-3-5-10(15)6-4-9;;;/h3-5,8,10H,6-7H2,1-2H3,(H,16,17)(H,18,19);;;/q-1;3*+1/p-2/b12-11-;;;. The minimum Gasteiger partial charge on any atom is -0.849 e. The van der Waals surface area contributed by atoms with Gasteiger partial charge in [0.05, 0.1) is 11.9 Å². The van der Waals surface area contributed by atoms with E-state index >= 15 is 0 Å². The summed E-state index contributed by atoms with van der Waals surface area (Å²) in [5.74, 6) is -3.51. The van der Waals surface area contributed by atoms with Gasteiger partial charge in [0.1, 0.15) is 0 Å². The van der Waals surface area contributed by atoms with Crippen LogP contribution in [0.5, 0.6) is 0 Å². The smallest absolute Gasteiger partial charge is 0.849 e. The van der Waals surface area contributed by atoms with Gasteiger partial charge < -0.3 is 24.9 Å². The second-order valence-corrected chi connectivity index (χ2v) is 4.71. The third-order valence-electron chi connectivity index (χ3n) is 2.89. The summed E-state index contributed by atoms with van der Waals surface area (Å²) in [6.07, 6.45) is 3.94. The Kier molecular flexibility index (Phi) is 17.0. The minimum absolute atomic E-state index is 0. The number of hydrogen-bond donors (Lipinski definition) is 0. The van der Waals surface area contributed by atoms with Crippen molar-refractivity contribution in [3.63, 3.8) is 0 Å². The van der Waals surface area contributed by atoms with Crippen molar-refractivity contribution in [2.75, 3.05) is 0 Å². The van der Waals surface area contributed by atoms with Gasteiger partial charge in [0, 0.05) is 0 Å². The molecule has 0 saturated carbocycles. The van der Waals surface area contributed by atoms with E-state index in [4.69, 9.17) is 0 Å². The Morgan fingerprint density at radius 2 is 1.73 bits per heavy atom. The molecule has 0 saturated heterocycles. The molecule has 0 aromatic heterocycles. The van der Waals surface area contributed by atoms with E-state index in [9.17, 15) is 24.9 Å². The zero-order chi connectivity index (χ0) is 14.6. The Balaban J connectivity index is -0.00000120. The van der Waals surface area contributed by atoms with Crippen LogP contribution >= 0.6 is 0 Å². The van der Waals surface area contributed by atoms with Crippen molar-refractivity contribution in [1.29, 1.82) is 0 Å². The average Bonchev–Trinajstić information content (AvgIpc) is 2.29. The summed E-state index contributed by atoms with van der Waals surface area (Å²) >= 11 is 0. The molecule has 1 unspecified atom stereocenters. The van der Waals surface area contributed by atoms with Gasteiger partial charge in [-0.3, -0.25) is 0 Å². The summed E-state index contributed by atoms with van der Waals surface area (Å²) in [5.41, 5.74) is 0.0412. The van der Waals surface area contributed by atoms with Crippen LogP contribution in [0.25, 0.3) is 0 Å². The van der Waals surface area contributed by atoms with Crippen LogP contribution in [0.3, 0.4) is 0 Å². The van der Waals surface area contributed by atoms with E-state index in [2.05, 4.69) is 0 Å². The number of carbonyl (C=O) groups excluding carboxylic acids is 2. The summed E-state index contributed by atoms with van der Waals surface area (Å²) in [6.45, 7) is 3.15. The fourth-order valence-electron chi connectivity index (χ4n) is 1.96. The number of aliphatic carboxylic acids is 2. The molecule has 0 bridgehead atoms. The maximum atomic E-state index is 11.1. The molecular weight excluding hydrogens is 317 g/mol. The molecule has 5 nitrogen and oxygen atoms in total. The van der Waals surface area contributed by atoms with Gasteiger partial charge in [0.15, 0.2) is 0 Å². The van der Waals surface area contributed by atoms with Crippen molar-refractivity contribution in [3.05, 3.63) is 34.9 Å². The zero-order valence-corrected chi connectivity index (χ0v) is 19.8. The molecule has 1 atom stereocenters. The van der Waals surface area contributed by atoms with Crippen LogP contribution in [0.15, 0.2) is 34.9 Å². The van der Waals surface area contributed by atoms with Crippen LogP contribution in [0.2, 0.25) is 0 Å². The molecule has 0 aromatic carbocycles. The number of carboxylic acids is 2. The topological polar surface area (TPSA) is 103 Å². The van der Waals surface area contributed by atoms with Crippen LogP contribution < -0.4 is 104 Å². The van der Waals surface area contributed by atoms with Crippen molar-refractivity contribution in [3.8, 4) is 0 Å². The van der Waals surface area contributed by atoms with Gasteiger partial charge in [0.2, 0.25) is 0 Å². The Hall–Kier alpha value is 1.12. The van der Waals surface area contributed by atoms with Gasteiger partial charge in [0.25, 0.3) is 0 Å². The molecule has 0 spiro atoms. The SMILES string of the molecule is CC(C)/C(C(=O)[O-])=C(\CC1=CCC([O-])C=C1)C(=O)[O-].[Na+].[Na+].[Na+]. The van der Waals surface area contributed by atoms with Crippen LogP contribution in [-0.2, 0) is 9.59 Å². The monoisotopic (exact) mass is 332 g/mol. The van der Waals surface area contributed by atoms with Crippen LogP contribution in [-0.4, -0.2) is 18.0 Å². The Bertz CT molecular complexity index is 481. The van der Waals surface area contributed by atoms with Gasteiger partial charge in [-0.2, -0.15) is 0 Å². The van der Waals surface area contributed by atoms with Gasteiger partial charge in [-0.1, -0.05) is 32.1 Å². The number of hydrogen-bond acceptors (Lipinski definition) is 5. The number of carboxylic acid groups (broad SMARTS) is 2. The molecule has 0 heterocycles. The predicted octanol–water partition coefficient (Wildman–Crippen LogP) is -10.5. The van der Waals surface area contributed by atoms with Gasteiger partial charge in [-0.15, -0.1) is 6.10 Å². The molecule has 22 heavy (non-hydrogen) atoms. The molecule has 0 aliphatic heterocycles. The zero-order valence-electron chi connectivity index (χ0n) is 13.8. The van der Waals surface area contributed by atoms with Gasteiger partial charge >= 0.3 is 88.7 Å². The van der Waals surface area contributed by atoms with Crippen LogP contribution in [0.4, 0.5) is 0 Å². The van der Waals surface area contributed by atoms with Gasteiger partial charge in [-0.05, 0) is 35.5 Å². The molecule has 0 radical (unpaired) electrons. The summed E-state index contributed by atoms with van der Waals surface area (Å²) in [7, 11) is 0. The van der Waals surface area contributed by atoms with E-state index in [0.717, 1.165) is 0 Å². The Morgan fingerprint density at radius 3 is 2.05 bits per heavy atom. The Labute approximate surface area is 196 Å². The summed E-state index contributed by atoms with van der Waals surface area (Å²) < 4.78 is 0. The number of carbonyl (C=O) groups is 2. The van der Waals surface area contributed by atoms with E-state index in [1.807, 2.05) is 0 Å². The fraction of sp³-hybridized carbons (Fsp3) is 0.429. The molecule has 1 rings (SSSR count). The first kappa shape index (κ1) is 27.9. The maximum Gasteiger partial charge on any atom is 1.00 e. The second kappa shape index (κ2) is 13.4. The van der Waals surface area contributed by atoms with E-state index in [1.54, 1.807) is 19.9 Å². The van der Waals surface area contributed by atoms with E-state index in [0.29, 0.717) is 5.57 Å². The molecule has 104 valence electrons. The molecule has 1 aliphatic rings. The van der Waals surface area contributed by atoms with Crippen LogP contribution in [0.1, 0.15) is 26.7 Å². The first-order valence-electron chi connectivity index (χ1n) is 6.01. The summed E-state index contributed by atoms with van der Waals surface area (Å²) in [6, 6.07) is 0. The van der Waals surface area contributed by atoms with Crippen molar-refractivity contribution < 1.29 is 114 Å². The minimum atomic E-state index is -1.52. The van der Waals surface area contributed by atoms with Crippen LogP contribution in [0, 0.1) is 5.92 Å². The van der Waals surface area contributed by atoms with Crippen molar-refractivity contribution in [2.24, 2.45) is 5.92 Å². The number of allylic oxidation sites excluding steroid dienone is 2. The Morgan fingerprint density at radius 1 is 1.18 bits per heavy atom. The maximum absolute atomic E-state index is 11.1. The molecule has 0 fully saturated rings. The molecule has 0 aromatic rings. The predicted molar refractivity (Wildman–Crippen MR) is 62.1 cm³/mol. The van der Waals surface area contributed by atoms with Crippen molar-refractivity contribution in [2.45, 2.75) is 32.8 Å². The third-order valence-corrected chi connectivity index (χ3v) is 2.89. The van der Waals surface area contributed by atoms with E-state index < -0.39 is 24.0 Å². The molecular formula is C14H15Na3O5. The molecule has 0 amide bonds. The van der Waals surface area contributed by atoms with Crippen molar-refractivity contribution >= 4 is 11.9 Å². The average molecular weight is 332 g/mol. The summed E-state index contributed by atoms with van der Waals surface area (Å²) in [5, 5.41) is 33.2. The molecule has 0 N–H and O–H groups in total. The van der Waals surface area contributed by atoms with Gasteiger partial charge in [-0.25, -0.2) is 0 Å². The quantitative estimate of drug-likeness (QED) is 0.367. The summed E-state index contributed by atoms with van der Waals surface area (Å²) in [4.78, 5) is 22.1.